The van der Waals surface area contributed by atoms with Crippen LogP contribution in [-0.2, 0) is 4.79 Å². The highest BCUT2D eigenvalue weighted by molar-refractivity contribution is 5.81. The maximum absolute atomic E-state index is 11.1. The van der Waals surface area contributed by atoms with Crippen molar-refractivity contribution in [3.8, 4) is 0 Å². The molecule has 1 saturated heterocycles. The van der Waals surface area contributed by atoms with Crippen LogP contribution in [0, 0.1) is 5.92 Å². The zero-order chi connectivity index (χ0) is 8.97. The second-order valence-corrected chi connectivity index (χ2v) is 3.41. The monoisotopic (exact) mass is 171 g/mol. The van der Waals surface area contributed by atoms with Crippen molar-refractivity contribution in [2.75, 3.05) is 6.54 Å². The number of unbranched alkanes of at least 4 members (excludes halogenated alkanes) is 2. The van der Waals surface area contributed by atoms with E-state index in [9.17, 15) is 9.90 Å². The lowest BCUT2D eigenvalue weighted by molar-refractivity contribution is -0.123. The second kappa shape index (κ2) is 4.45. The summed E-state index contributed by atoms with van der Waals surface area (Å²) < 4.78 is 0. The SMILES string of the molecule is CCCCCC1C(=O)NCC1O. The first-order valence-electron chi connectivity index (χ1n) is 4.71. The predicted molar refractivity (Wildman–Crippen MR) is 46.6 cm³/mol. The van der Waals surface area contributed by atoms with Gasteiger partial charge in [0.25, 0.3) is 0 Å². The van der Waals surface area contributed by atoms with Crippen molar-refractivity contribution in [1.82, 2.24) is 5.32 Å². The lowest BCUT2D eigenvalue weighted by Gasteiger charge is -2.09. The molecule has 70 valence electrons. The molecule has 0 radical (unpaired) electrons. The Morgan fingerprint density at radius 3 is 2.83 bits per heavy atom. The molecular weight excluding hydrogens is 154 g/mol. The van der Waals surface area contributed by atoms with E-state index < -0.39 is 6.10 Å². The van der Waals surface area contributed by atoms with Crippen molar-refractivity contribution in [2.45, 2.75) is 38.7 Å². The normalized spacial score (nSPS) is 29.0. The van der Waals surface area contributed by atoms with Gasteiger partial charge in [0.15, 0.2) is 0 Å². The van der Waals surface area contributed by atoms with Crippen molar-refractivity contribution in [3.05, 3.63) is 0 Å². The van der Waals surface area contributed by atoms with Crippen LogP contribution in [0.2, 0.25) is 0 Å². The molecule has 0 aliphatic carbocycles. The third-order valence-electron chi connectivity index (χ3n) is 2.41. The molecule has 2 atom stereocenters. The number of carbonyl (C=O) groups is 1. The van der Waals surface area contributed by atoms with Crippen molar-refractivity contribution in [1.29, 1.82) is 0 Å². The molecule has 2 unspecified atom stereocenters. The number of rotatable bonds is 4. The van der Waals surface area contributed by atoms with Crippen LogP contribution < -0.4 is 5.32 Å². The van der Waals surface area contributed by atoms with Crippen LogP contribution in [0.5, 0.6) is 0 Å². The molecular formula is C9H17NO2. The molecule has 0 aromatic heterocycles. The molecule has 0 spiro atoms. The van der Waals surface area contributed by atoms with Crippen LogP contribution in [0.15, 0.2) is 0 Å². The van der Waals surface area contributed by atoms with Crippen LogP contribution in [-0.4, -0.2) is 23.7 Å². The lowest BCUT2D eigenvalue weighted by Crippen LogP contribution is -2.21. The summed E-state index contributed by atoms with van der Waals surface area (Å²) in [5.74, 6) is -0.116. The molecule has 2 N–H and O–H groups in total. The number of carbonyl (C=O) groups excluding carboxylic acids is 1. The Labute approximate surface area is 73.2 Å². The van der Waals surface area contributed by atoms with E-state index in [-0.39, 0.29) is 11.8 Å². The Bertz CT molecular complexity index is 159. The third-order valence-corrected chi connectivity index (χ3v) is 2.41. The second-order valence-electron chi connectivity index (χ2n) is 3.41. The van der Waals surface area contributed by atoms with Gasteiger partial charge in [-0.25, -0.2) is 0 Å². The van der Waals surface area contributed by atoms with E-state index in [0.717, 1.165) is 25.7 Å². The number of β-amino-alcohol motifs (C(OH)–C–C–N with tert-alkyl or cyclic N) is 1. The van der Waals surface area contributed by atoms with Gasteiger partial charge in [-0.1, -0.05) is 26.2 Å². The summed E-state index contributed by atoms with van der Waals surface area (Å²) in [6, 6.07) is 0. The van der Waals surface area contributed by atoms with Gasteiger partial charge in [0.1, 0.15) is 0 Å². The van der Waals surface area contributed by atoms with Gasteiger partial charge in [-0.05, 0) is 6.42 Å². The number of aliphatic hydroxyl groups is 1. The minimum Gasteiger partial charge on any atom is -0.390 e. The molecule has 12 heavy (non-hydrogen) atoms. The fraction of sp³-hybridized carbons (Fsp3) is 0.889. The predicted octanol–water partition coefficient (Wildman–Crippen LogP) is 0.674. The number of hydrogen-bond donors (Lipinski definition) is 2. The summed E-state index contributed by atoms with van der Waals surface area (Å²) in [4.78, 5) is 11.1. The van der Waals surface area contributed by atoms with Crippen LogP contribution in [0.3, 0.4) is 0 Å². The molecule has 1 heterocycles. The first kappa shape index (κ1) is 9.52. The van der Waals surface area contributed by atoms with Crippen LogP contribution in [0.4, 0.5) is 0 Å². The molecule has 0 aromatic rings. The number of amides is 1. The molecule has 0 bridgehead atoms. The van der Waals surface area contributed by atoms with E-state index in [2.05, 4.69) is 12.2 Å². The van der Waals surface area contributed by atoms with E-state index in [0.29, 0.717) is 6.54 Å². The standard InChI is InChI=1S/C9H17NO2/c1-2-3-4-5-7-8(11)6-10-9(7)12/h7-8,11H,2-6H2,1H3,(H,10,12). The van der Waals surface area contributed by atoms with Gasteiger partial charge in [-0.3, -0.25) is 4.79 Å². The van der Waals surface area contributed by atoms with Gasteiger partial charge in [0.2, 0.25) is 5.91 Å². The van der Waals surface area contributed by atoms with Gasteiger partial charge in [0.05, 0.1) is 12.0 Å². The maximum Gasteiger partial charge on any atom is 0.225 e. The average Bonchev–Trinajstić information content (AvgIpc) is 2.35. The molecule has 1 aliphatic heterocycles. The molecule has 1 aliphatic rings. The molecule has 1 amide bonds. The van der Waals surface area contributed by atoms with Crippen LogP contribution >= 0.6 is 0 Å². The van der Waals surface area contributed by atoms with E-state index >= 15 is 0 Å². The van der Waals surface area contributed by atoms with E-state index in [1.165, 1.54) is 0 Å². The summed E-state index contributed by atoms with van der Waals surface area (Å²) in [6.45, 7) is 2.57. The first-order chi connectivity index (χ1) is 5.75. The molecule has 1 fully saturated rings. The summed E-state index contributed by atoms with van der Waals surface area (Å²) in [5, 5.41) is 12.0. The minimum atomic E-state index is -0.450. The number of hydrogen-bond acceptors (Lipinski definition) is 2. The number of nitrogens with one attached hydrogen (secondary N) is 1. The topological polar surface area (TPSA) is 49.3 Å². The molecule has 1 rings (SSSR count). The van der Waals surface area contributed by atoms with Crippen LogP contribution in [0.1, 0.15) is 32.6 Å². The van der Waals surface area contributed by atoms with E-state index in [1.54, 1.807) is 0 Å². The van der Waals surface area contributed by atoms with Crippen molar-refractivity contribution >= 4 is 5.91 Å². The quantitative estimate of drug-likeness (QED) is 0.611. The maximum atomic E-state index is 11.1. The highest BCUT2D eigenvalue weighted by atomic mass is 16.3. The first-order valence-corrected chi connectivity index (χ1v) is 4.71. The van der Waals surface area contributed by atoms with Crippen LogP contribution in [0.25, 0.3) is 0 Å². The fourth-order valence-electron chi connectivity index (χ4n) is 1.59. The van der Waals surface area contributed by atoms with Gasteiger partial charge in [-0.2, -0.15) is 0 Å². The van der Waals surface area contributed by atoms with Gasteiger partial charge < -0.3 is 10.4 Å². The Morgan fingerprint density at radius 1 is 1.58 bits per heavy atom. The summed E-state index contributed by atoms with van der Waals surface area (Å²) in [5.41, 5.74) is 0. The Kier molecular flexibility index (Phi) is 3.53. The van der Waals surface area contributed by atoms with Gasteiger partial charge >= 0.3 is 0 Å². The van der Waals surface area contributed by atoms with Crippen molar-refractivity contribution in [2.24, 2.45) is 5.92 Å². The number of aliphatic hydroxyl groups excluding tert-OH is 1. The minimum absolute atomic E-state index is 0.0265. The average molecular weight is 171 g/mol. The fourth-order valence-corrected chi connectivity index (χ4v) is 1.59. The largest absolute Gasteiger partial charge is 0.390 e. The van der Waals surface area contributed by atoms with E-state index in [1.807, 2.05) is 0 Å². The Hall–Kier alpha value is -0.570. The Morgan fingerprint density at radius 2 is 2.33 bits per heavy atom. The zero-order valence-electron chi connectivity index (χ0n) is 7.55. The molecule has 0 saturated carbocycles. The van der Waals surface area contributed by atoms with Crippen molar-refractivity contribution < 1.29 is 9.90 Å². The lowest BCUT2D eigenvalue weighted by atomic mass is 9.98. The molecule has 3 nitrogen and oxygen atoms in total. The van der Waals surface area contributed by atoms with Crippen molar-refractivity contribution in [3.63, 3.8) is 0 Å². The molecule has 3 heteroatoms. The van der Waals surface area contributed by atoms with E-state index in [4.69, 9.17) is 0 Å². The Balaban J connectivity index is 2.25. The summed E-state index contributed by atoms with van der Waals surface area (Å²) in [6.07, 6.45) is 3.74. The zero-order valence-corrected chi connectivity index (χ0v) is 7.55. The summed E-state index contributed by atoms with van der Waals surface area (Å²) >= 11 is 0. The summed E-state index contributed by atoms with van der Waals surface area (Å²) in [7, 11) is 0. The molecule has 0 aromatic carbocycles. The highest BCUT2D eigenvalue weighted by Gasteiger charge is 2.32. The van der Waals surface area contributed by atoms with Gasteiger partial charge in [0, 0.05) is 6.54 Å². The smallest absolute Gasteiger partial charge is 0.225 e. The van der Waals surface area contributed by atoms with Gasteiger partial charge in [-0.15, -0.1) is 0 Å². The highest BCUT2D eigenvalue weighted by Crippen LogP contribution is 2.17. The third kappa shape index (κ3) is 2.21.